The first-order chi connectivity index (χ1) is 17.0. The monoisotopic (exact) mass is 499 g/mol. The van der Waals surface area contributed by atoms with Crippen molar-refractivity contribution in [2.45, 2.75) is 37.2 Å². The number of anilines is 2. The number of carbonyl (C=O) groups is 2. The lowest BCUT2D eigenvalue weighted by Gasteiger charge is -2.15. The van der Waals surface area contributed by atoms with Crippen molar-refractivity contribution < 1.29 is 23.5 Å². The lowest BCUT2D eigenvalue weighted by molar-refractivity contribution is -0.113. The van der Waals surface area contributed by atoms with Gasteiger partial charge in [-0.25, -0.2) is 9.18 Å². The number of amides is 1. The highest BCUT2D eigenvalue weighted by atomic mass is 32.2. The highest BCUT2D eigenvalue weighted by Gasteiger charge is 2.21. The van der Waals surface area contributed by atoms with E-state index in [2.05, 4.69) is 25.6 Å². The average molecular weight is 500 g/mol. The first-order valence-electron chi connectivity index (χ1n) is 11.2. The number of ether oxygens (including phenoxy) is 2. The van der Waals surface area contributed by atoms with Crippen molar-refractivity contribution in [3.63, 3.8) is 0 Å². The largest absolute Gasteiger partial charge is 0.465 e. The molecule has 0 aliphatic carbocycles. The third kappa shape index (κ3) is 6.80. The highest BCUT2D eigenvalue weighted by Crippen LogP contribution is 2.22. The van der Waals surface area contributed by atoms with Gasteiger partial charge >= 0.3 is 5.97 Å². The SMILES string of the molecule is COC(=O)c1ccc(NC(=O)CSc2nnc(CNc3ccc(F)cc3)n2CC2CCCO2)cc1. The van der Waals surface area contributed by atoms with Gasteiger partial charge in [0.25, 0.3) is 0 Å². The molecule has 1 aliphatic heterocycles. The second kappa shape index (κ2) is 11.8. The second-order valence-corrected chi connectivity index (χ2v) is 8.85. The minimum atomic E-state index is -0.436. The molecule has 3 aromatic rings. The van der Waals surface area contributed by atoms with Crippen molar-refractivity contribution in [3.8, 4) is 0 Å². The van der Waals surface area contributed by atoms with Gasteiger partial charge in [-0.15, -0.1) is 10.2 Å². The van der Waals surface area contributed by atoms with Crippen molar-refractivity contribution in [2.75, 3.05) is 30.1 Å². The van der Waals surface area contributed by atoms with Crippen LogP contribution >= 0.6 is 11.8 Å². The van der Waals surface area contributed by atoms with E-state index in [0.717, 1.165) is 25.1 Å². The van der Waals surface area contributed by atoms with E-state index in [1.54, 1.807) is 36.4 Å². The maximum absolute atomic E-state index is 13.2. The molecule has 2 N–H and O–H groups in total. The van der Waals surface area contributed by atoms with Crippen molar-refractivity contribution in [2.24, 2.45) is 0 Å². The van der Waals surface area contributed by atoms with Crippen molar-refractivity contribution in [1.29, 1.82) is 0 Å². The summed E-state index contributed by atoms with van der Waals surface area (Å²) in [5.74, 6) is -0.111. The van der Waals surface area contributed by atoms with E-state index in [4.69, 9.17) is 4.74 Å². The summed E-state index contributed by atoms with van der Waals surface area (Å²) in [5, 5.41) is 15.3. The van der Waals surface area contributed by atoms with E-state index in [0.29, 0.717) is 35.3 Å². The number of nitrogens with one attached hydrogen (secondary N) is 2. The summed E-state index contributed by atoms with van der Waals surface area (Å²) in [7, 11) is 1.32. The number of thioether (sulfide) groups is 1. The Bertz CT molecular complexity index is 1150. The van der Waals surface area contributed by atoms with Crippen LogP contribution in [0.3, 0.4) is 0 Å². The van der Waals surface area contributed by atoms with Gasteiger partial charge in [0, 0.05) is 18.0 Å². The predicted octanol–water partition coefficient (Wildman–Crippen LogP) is 3.73. The number of hydrogen-bond acceptors (Lipinski definition) is 8. The zero-order chi connectivity index (χ0) is 24.6. The lowest BCUT2D eigenvalue weighted by Crippen LogP contribution is -2.20. The molecule has 4 rings (SSSR count). The smallest absolute Gasteiger partial charge is 0.337 e. The fraction of sp³-hybridized carbons (Fsp3) is 0.333. The van der Waals surface area contributed by atoms with Crippen molar-refractivity contribution >= 4 is 35.0 Å². The van der Waals surface area contributed by atoms with Crippen LogP contribution in [0.5, 0.6) is 0 Å². The molecule has 2 aromatic carbocycles. The molecule has 35 heavy (non-hydrogen) atoms. The molecule has 1 atom stereocenters. The molecule has 1 aromatic heterocycles. The van der Waals surface area contributed by atoms with Crippen LogP contribution in [-0.4, -0.2) is 52.2 Å². The van der Waals surface area contributed by atoms with Gasteiger partial charge in [0.15, 0.2) is 11.0 Å². The number of aromatic nitrogens is 3. The second-order valence-electron chi connectivity index (χ2n) is 7.91. The summed E-state index contributed by atoms with van der Waals surface area (Å²) in [6.45, 7) is 1.71. The first kappa shape index (κ1) is 24.7. The molecular formula is C24H26FN5O4S. The van der Waals surface area contributed by atoms with Crippen LogP contribution < -0.4 is 10.6 Å². The molecule has 0 radical (unpaired) electrons. The van der Waals surface area contributed by atoms with E-state index in [1.165, 1.54) is 31.0 Å². The maximum Gasteiger partial charge on any atom is 0.337 e. The van der Waals surface area contributed by atoms with Gasteiger partial charge in [0.2, 0.25) is 5.91 Å². The van der Waals surface area contributed by atoms with E-state index in [-0.39, 0.29) is 23.6 Å². The van der Waals surface area contributed by atoms with Gasteiger partial charge in [0.1, 0.15) is 5.82 Å². The van der Waals surface area contributed by atoms with Crippen LogP contribution in [0.1, 0.15) is 29.0 Å². The van der Waals surface area contributed by atoms with Gasteiger partial charge in [-0.3, -0.25) is 4.79 Å². The third-order valence-corrected chi connectivity index (χ3v) is 6.39. The summed E-state index contributed by atoms with van der Waals surface area (Å²) >= 11 is 1.28. The molecule has 1 aliphatic rings. The van der Waals surface area contributed by atoms with Gasteiger partial charge in [0.05, 0.1) is 37.6 Å². The lowest BCUT2D eigenvalue weighted by atomic mass is 10.2. The molecule has 0 bridgehead atoms. The molecule has 1 fully saturated rings. The van der Waals surface area contributed by atoms with E-state index >= 15 is 0 Å². The van der Waals surface area contributed by atoms with Crippen molar-refractivity contribution in [1.82, 2.24) is 14.8 Å². The normalized spacial score (nSPS) is 15.1. The Labute approximate surface area is 206 Å². The van der Waals surface area contributed by atoms with Gasteiger partial charge in [-0.2, -0.15) is 0 Å². The molecular weight excluding hydrogens is 473 g/mol. The minimum absolute atomic E-state index is 0.0667. The Hall–Kier alpha value is -3.44. The van der Waals surface area contributed by atoms with Crippen LogP contribution in [-0.2, 0) is 27.4 Å². The molecule has 0 saturated carbocycles. The van der Waals surface area contributed by atoms with Gasteiger partial charge < -0.3 is 24.7 Å². The maximum atomic E-state index is 13.2. The topological polar surface area (TPSA) is 107 Å². The Morgan fingerprint density at radius 3 is 2.57 bits per heavy atom. The van der Waals surface area contributed by atoms with E-state index in [9.17, 15) is 14.0 Å². The standard InChI is InChI=1S/C24H26FN5O4S/c1-33-23(32)16-4-8-19(9-5-16)27-22(31)15-35-24-29-28-21(30(24)14-20-3-2-12-34-20)13-26-18-10-6-17(25)7-11-18/h4-11,20,26H,2-3,12-15H2,1H3,(H,27,31). The number of hydrogen-bond donors (Lipinski definition) is 2. The molecule has 1 amide bonds. The Morgan fingerprint density at radius 1 is 1.14 bits per heavy atom. The quantitative estimate of drug-likeness (QED) is 0.321. The van der Waals surface area contributed by atoms with Crippen molar-refractivity contribution in [3.05, 3.63) is 65.7 Å². The molecule has 2 heterocycles. The van der Waals surface area contributed by atoms with E-state index < -0.39 is 5.97 Å². The summed E-state index contributed by atoms with van der Waals surface area (Å²) in [5.41, 5.74) is 1.75. The Morgan fingerprint density at radius 2 is 1.89 bits per heavy atom. The van der Waals surface area contributed by atoms with Crippen LogP contribution in [0.4, 0.5) is 15.8 Å². The number of carbonyl (C=O) groups excluding carboxylic acids is 2. The molecule has 0 spiro atoms. The number of halogens is 1. The summed E-state index contributed by atoms with van der Waals surface area (Å²) in [4.78, 5) is 24.1. The Kier molecular flexibility index (Phi) is 8.32. The number of esters is 1. The van der Waals surface area contributed by atoms with Crippen LogP contribution in [0, 0.1) is 5.82 Å². The first-order valence-corrected chi connectivity index (χ1v) is 12.1. The molecule has 184 valence electrons. The molecule has 11 heteroatoms. The zero-order valence-corrected chi connectivity index (χ0v) is 20.0. The third-order valence-electron chi connectivity index (χ3n) is 5.42. The van der Waals surface area contributed by atoms with Crippen LogP contribution in [0.2, 0.25) is 0 Å². The molecule has 1 unspecified atom stereocenters. The average Bonchev–Trinajstić information content (AvgIpc) is 3.53. The molecule has 1 saturated heterocycles. The summed E-state index contributed by atoms with van der Waals surface area (Å²) in [6, 6.07) is 12.6. The zero-order valence-electron chi connectivity index (χ0n) is 19.2. The number of benzene rings is 2. The Balaban J connectivity index is 1.38. The van der Waals surface area contributed by atoms with Gasteiger partial charge in [-0.1, -0.05) is 11.8 Å². The fourth-order valence-electron chi connectivity index (χ4n) is 3.62. The molecule has 9 nitrogen and oxygen atoms in total. The number of nitrogens with zero attached hydrogens (tertiary/aromatic N) is 3. The highest BCUT2D eigenvalue weighted by molar-refractivity contribution is 7.99. The van der Waals surface area contributed by atoms with E-state index in [1.807, 2.05) is 4.57 Å². The summed E-state index contributed by atoms with van der Waals surface area (Å²) < 4.78 is 25.6. The fourth-order valence-corrected chi connectivity index (χ4v) is 4.38. The minimum Gasteiger partial charge on any atom is -0.465 e. The van der Waals surface area contributed by atoms with Crippen LogP contribution in [0.15, 0.2) is 53.7 Å². The number of rotatable bonds is 10. The van der Waals surface area contributed by atoms with Gasteiger partial charge in [-0.05, 0) is 61.4 Å². The number of methoxy groups -OCH3 is 1. The summed E-state index contributed by atoms with van der Waals surface area (Å²) in [6.07, 6.45) is 2.03. The predicted molar refractivity (Wildman–Crippen MR) is 130 cm³/mol. The van der Waals surface area contributed by atoms with Crippen LogP contribution in [0.25, 0.3) is 0 Å².